The molecule has 0 saturated heterocycles. The minimum absolute atomic E-state index is 0.167. The van der Waals surface area contributed by atoms with Gasteiger partial charge in [-0.1, -0.05) is 11.8 Å². The third-order valence-corrected chi connectivity index (χ3v) is 2.60. The maximum Gasteiger partial charge on any atom is 0.242 e. The van der Waals surface area contributed by atoms with Gasteiger partial charge in [-0.2, -0.15) is 15.0 Å². The van der Waals surface area contributed by atoms with Gasteiger partial charge in [0.2, 0.25) is 11.9 Å². The van der Waals surface area contributed by atoms with Crippen LogP contribution in [-0.4, -0.2) is 46.5 Å². The van der Waals surface area contributed by atoms with Crippen LogP contribution in [0.15, 0.2) is 5.16 Å². The molecule has 1 rings (SSSR count). The molecule has 0 unspecified atom stereocenters. The lowest BCUT2D eigenvalue weighted by Crippen LogP contribution is -2.17. The lowest BCUT2D eigenvalue weighted by molar-refractivity contribution is 0.296. The van der Waals surface area contributed by atoms with Gasteiger partial charge in [-0.15, -0.1) is 0 Å². The van der Waals surface area contributed by atoms with Crippen LogP contribution in [-0.2, 0) is 0 Å². The van der Waals surface area contributed by atoms with Crippen LogP contribution in [0.1, 0.15) is 6.42 Å². The molecule has 0 aliphatic carbocycles. The number of hydrazine groups is 1. The van der Waals surface area contributed by atoms with E-state index in [-0.39, 0.29) is 6.61 Å². The quantitative estimate of drug-likeness (QED) is 0.271. The molecule has 0 aromatic carbocycles. The fraction of sp³-hybridized carbons (Fsp3) is 0.625. The average molecular weight is 244 g/mol. The van der Waals surface area contributed by atoms with E-state index in [1.54, 1.807) is 4.90 Å². The molecule has 0 radical (unpaired) electrons. The van der Waals surface area contributed by atoms with E-state index in [0.29, 0.717) is 23.5 Å². The molecular weight excluding hydrogens is 228 g/mol. The number of nitrogens with two attached hydrogens (primary N) is 1. The van der Waals surface area contributed by atoms with Crippen LogP contribution in [0.25, 0.3) is 0 Å². The van der Waals surface area contributed by atoms with Crippen LogP contribution in [0.3, 0.4) is 0 Å². The highest BCUT2D eigenvalue weighted by Crippen LogP contribution is 2.17. The lowest BCUT2D eigenvalue weighted by atomic mass is 10.5. The molecule has 1 aromatic heterocycles. The Morgan fingerprint density at radius 1 is 1.38 bits per heavy atom. The Bertz CT molecular complexity index is 334. The van der Waals surface area contributed by atoms with E-state index in [1.165, 1.54) is 11.8 Å². The first-order valence-electron chi connectivity index (χ1n) is 4.81. The summed E-state index contributed by atoms with van der Waals surface area (Å²) in [5, 5.41) is 9.28. The van der Waals surface area contributed by atoms with Gasteiger partial charge in [-0.25, -0.2) is 5.84 Å². The van der Waals surface area contributed by atoms with Crippen molar-refractivity contribution in [1.82, 2.24) is 15.0 Å². The van der Waals surface area contributed by atoms with Crippen molar-refractivity contribution in [3.63, 3.8) is 0 Å². The fourth-order valence-electron chi connectivity index (χ4n) is 0.903. The Balaban J connectivity index is 2.78. The number of hydrogen-bond acceptors (Lipinski definition) is 8. The molecule has 1 aromatic rings. The van der Waals surface area contributed by atoms with Crippen molar-refractivity contribution < 1.29 is 5.11 Å². The summed E-state index contributed by atoms with van der Waals surface area (Å²) in [6.45, 7) is 0.167. The molecule has 16 heavy (non-hydrogen) atoms. The smallest absolute Gasteiger partial charge is 0.242 e. The molecule has 0 bridgehead atoms. The van der Waals surface area contributed by atoms with Crippen molar-refractivity contribution in [2.75, 3.05) is 36.8 Å². The molecule has 0 amide bonds. The van der Waals surface area contributed by atoms with Crippen LogP contribution in [0.4, 0.5) is 11.9 Å². The highest BCUT2D eigenvalue weighted by Gasteiger charge is 2.07. The largest absolute Gasteiger partial charge is 0.396 e. The van der Waals surface area contributed by atoms with E-state index < -0.39 is 0 Å². The second-order valence-corrected chi connectivity index (χ2v) is 4.27. The van der Waals surface area contributed by atoms with Gasteiger partial charge < -0.3 is 10.0 Å². The normalized spacial score (nSPS) is 10.2. The highest BCUT2D eigenvalue weighted by atomic mass is 32.2. The van der Waals surface area contributed by atoms with Crippen molar-refractivity contribution in [3.8, 4) is 0 Å². The highest BCUT2D eigenvalue weighted by molar-refractivity contribution is 7.99. The summed E-state index contributed by atoms with van der Waals surface area (Å²) in [5.74, 6) is 6.92. The average Bonchev–Trinajstić information content (AvgIpc) is 2.29. The summed E-state index contributed by atoms with van der Waals surface area (Å²) in [6.07, 6.45) is 0.707. The maximum atomic E-state index is 8.68. The summed E-state index contributed by atoms with van der Waals surface area (Å²) in [6, 6.07) is 0. The molecule has 1 heterocycles. The van der Waals surface area contributed by atoms with Gasteiger partial charge in [-0.3, -0.25) is 5.43 Å². The summed E-state index contributed by atoms with van der Waals surface area (Å²) < 4.78 is 0. The molecule has 0 aliphatic rings. The molecule has 0 saturated carbocycles. The van der Waals surface area contributed by atoms with Gasteiger partial charge in [0.1, 0.15) is 0 Å². The van der Waals surface area contributed by atoms with E-state index in [1.807, 2.05) is 14.1 Å². The molecular formula is C8H16N6OS. The minimum atomic E-state index is 0.167. The van der Waals surface area contributed by atoms with Gasteiger partial charge in [0.25, 0.3) is 0 Å². The van der Waals surface area contributed by atoms with Crippen molar-refractivity contribution >= 4 is 23.7 Å². The first-order chi connectivity index (χ1) is 7.67. The number of rotatable bonds is 6. The Kier molecular flexibility index (Phi) is 5.23. The number of hydrogen-bond donors (Lipinski definition) is 3. The maximum absolute atomic E-state index is 8.68. The van der Waals surface area contributed by atoms with E-state index in [9.17, 15) is 0 Å². The number of thioether (sulfide) groups is 1. The Morgan fingerprint density at radius 2 is 2.12 bits per heavy atom. The van der Waals surface area contributed by atoms with Crippen LogP contribution in [0.5, 0.6) is 0 Å². The number of nitrogens with one attached hydrogen (secondary N) is 1. The van der Waals surface area contributed by atoms with Gasteiger partial charge >= 0.3 is 0 Å². The third-order valence-electron chi connectivity index (χ3n) is 1.67. The molecule has 90 valence electrons. The summed E-state index contributed by atoms with van der Waals surface area (Å²) >= 11 is 1.46. The predicted octanol–water partition coefficient (Wildman–Crippen LogP) is -0.302. The van der Waals surface area contributed by atoms with Gasteiger partial charge in [0.05, 0.1) is 0 Å². The second kappa shape index (κ2) is 6.46. The van der Waals surface area contributed by atoms with E-state index >= 15 is 0 Å². The van der Waals surface area contributed by atoms with Gasteiger partial charge in [0, 0.05) is 26.5 Å². The standard InChI is InChI=1S/C8H16N6OS/c1-14(2)7-10-6(13-9)11-8(12-7)16-5-3-4-15/h15H,3-5,9H2,1-2H3,(H,10,11,12,13). The van der Waals surface area contributed by atoms with Gasteiger partial charge in [0.15, 0.2) is 5.16 Å². The van der Waals surface area contributed by atoms with E-state index in [2.05, 4.69) is 20.4 Å². The zero-order valence-electron chi connectivity index (χ0n) is 9.34. The number of nitrogens with zero attached hydrogens (tertiary/aromatic N) is 4. The van der Waals surface area contributed by atoms with Crippen molar-refractivity contribution in [2.45, 2.75) is 11.6 Å². The van der Waals surface area contributed by atoms with Crippen LogP contribution < -0.4 is 16.2 Å². The van der Waals surface area contributed by atoms with Crippen LogP contribution >= 0.6 is 11.8 Å². The number of aliphatic hydroxyl groups is 1. The SMILES string of the molecule is CN(C)c1nc(NN)nc(SCCCO)n1. The zero-order valence-corrected chi connectivity index (χ0v) is 10.2. The third kappa shape index (κ3) is 3.80. The summed E-state index contributed by atoms with van der Waals surface area (Å²) in [5.41, 5.74) is 2.40. The Morgan fingerprint density at radius 3 is 2.69 bits per heavy atom. The molecule has 0 spiro atoms. The topological polar surface area (TPSA) is 100 Å². The first kappa shape index (κ1) is 12.9. The second-order valence-electron chi connectivity index (χ2n) is 3.21. The molecule has 0 aliphatic heterocycles. The molecule has 7 nitrogen and oxygen atoms in total. The monoisotopic (exact) mass is 244 g/mol. The van der Waals surface area contributed by atoms with Gasteiger partial charge in [-0.05, 0) is 6.42 Å². The number of nitrogen functional groups attached to an aromatic ring is 1. The lowest BCUT2D eigenvalue weighted by Gasteiger charge is -2.11. The molecule has 0 atom stereocenters. The van der Waals surface area contributed by atoms with E-state index in [4.69, 9.17) is 10.9 Å². The predicted molar refractivity (Wildman–Crippen MR) is 64.4 cm³/mol. The van der Waals surface area contributed by atoms with Crippen molar-refractivity contribution in [2.24, 2.45) is 5.84 Å². The fourth-order valence-corrected chi connectivity index (χ4v) is 1.66. The van der Waals surface area contributed by atoms with Crippen LogP contribution in [0.2, 0.25) is 0 Å². The number of aromatic nitrogens is 3. The van der Waals surface area contributed by atoms with Crippen LogP contribution in [0, 0.1) is 0 Å². The zero-order chi connectivity index (χ0) is 12.0. The molecule has 0 fully saturated rings. The summed E-state index contributed by atoms with van der Waals surface area (Å²) in [4.78, 5) is 14.2. The number of aliphatic hydroxyl groups excluding tert-OH is 1. The Labute approximate surface area is 98.5 Å². The molecule has 4 N–H and O–H groups in total. The number of anilines is 2. The van der Waals surface area contributed by atoms with Crippen molar-refractivity contribution in [3.05, 3.63) is 0 Å². The van der Waals surface area contributed by atoms with E-state index in [0.717, 1.165) is 5.75 Å². The minimum Gasteiger partial charge on any atom is -0.396 e. The molecule has 8 heteroatoms. The summed E-state index contributed by atoms with van der Waals surface area (Å²) in [7, 11) is 3.69. The van der Waals surface area contributed by atoms with Crippen molar-refractivity contribution in [1.29, 1.82) is 0 Å². The first-order valence-corrected chi connectivity index (χ1v) is 5.79. The Hall–Kier alpha value is -1.12.